The highest BCUT2D eigenvalue weighted by atomic mass is 35.5. The average molecular weight is 539 g/mol. The second kappa shape index (κ2) is 10.7. The number of rotatable bonds is 8. The van der Waals surface area contributed by atoms with E-state index in [-0.39, 0.29) is 23.3 Å². The van der Waals surface area contributed by atoms with Crippen LogP contribution >= 0.6 is 22.9 Å². The van der Waals surface area contributed by atoms with E-state index < -0.39 is 22.0 Å². The Hall–Kier alpha value is -2.47. The first-order chi connectivity index (χ1) is 16.7. The Morgan fingerprint density at radius 2 is 1.86 bits per heavy atom. The summed E-state index contributed by atoms with van der Waals surface area (Å²) in [6.07, 6.45) is 2.83. The number of nitrogens with zero attached hydrogens (tertiary/aromatic N) is 2. The zero-order valence-electron chi connectivity index (χ0n) is 19.3. The van der Waals surface area contributed by atoms with Gasteiger partial charge >= 0.3 is 0 Å². The van der Waals surface area contributed by atoms with Crippen LogP contribution in [0.2, 0.25) is 4.34 Å². The second-order valence-electron chi connectivity index (χ2n) is 8.57. The largest absolute Gasteiger partial charge is 0.349 e. The van der Waals surface area contributed by atoms with Crippen LogP contribution in [0.25, 0.3) is 0 Å². The van der Waals surface area contributed by atoms with Crippen molar-refractivity contribution < 1.29 is 22.8 Å². The molecule has 1 aromatic heterocycles. The van der Waals surface area contributed by atoms with Crippen LogP contribution in [0.15, 0.2) is 35.2 Å². The normalized spacial score (nSPS) is 17.1. The van der Waals surface area contributed by atoms with E-state index >= 15 is 0 Å². The van der Waals surface area contributed by atoms with Crippen molar-refractivity contribution in [2.75, 3.05) is 31.1 Å². The van der Waals surface area contributed by atoms with Gasteiger partial charge < -0.3 is 15.1 Å². The molecule has 3 heterocycles. The number of carbonyl (C=O) groups is 3. The standard InChI is InChI=1S/C23H27ClN4O5S2/c1-15-17(28-13-5-8-21(28)29)6-4-7-19(15)35(32,33)26-16(23(31)27-11-2-3-12-27)14-25-22(30)18-9-10-20(24)34-18/h4,6-7,9-10,16,26H,2-3,5,8,11-14H2,1H3,(H,25,30)/t16-/m0/s1. The number of amides is 3. The lowest BCUT2D eigenvalue weighted by Gasteiger charge is -2.25. The van der Waals surface area contributed by atoms with Gasteiger partial charge in [0.2, 0.25) is 21.8 Å². The predicted octanol–water partition coefficient (Wildman–Crippen LogP) is 2.54. The quantitative estimate of drug-likeness (QED) is 0.536. The number of sulfonamides is 1. The zero-order chi connectivity index (χ0) is 25.2. The Morgan fingerprint density at radius 1 is 1.11 bits per heavy atom. The smallest absolute Gasteiger partial charge is 0.261 e. The van der Waals surface area contributed by atoms with Crippen molar-refractivity contribution in [1.29, 1.82) is 0 Å². The Balaban J connectivity index is 1.57. The number of benzene rings is 1. The lowest BCUT2D eigenvalue weighted by Crippen LogP contribution is -2.53. The maximum atomic E-state index is 13.4. The molecule has 0 unspecified atom stereocenters. The van der Waals surface area contributed by atoms with E-state index in [2.05, 4.69) is 10.0 Å². The third-order valence-electron chi connectivity index (χ3n) is 6.19. The molecule has 3 amide bonds. The minimum Gasteiger partial charge on any atom is -0.349 e. The fourth-order valence-electron chi connectivity index (χ4n) is 4.40. The summed E-state index contributed by atoms with van der Waals surface area (Å²) in [7, 11) is -4.15. The van der Waals surface area contributed by atoms with Crippen LogP contribution in [0.5, 0.6) is 0 Å². The number of halogens is 1. The van der Waals surface area contributed by atoms with E-state index in [1.54, 1.807) is 41.0 Å². The topological polar surface area (TPSA) is 116 Å². The molecule has 2 aliphatic heterocycles. The van der Waals surface area contributed by atoms with E-state index in [9.17, 15) is 22.8 Å². The summed E-state index contributed by atoms with van der Waals surface area (Å²) >= 11 is 7.00. The Morgan fingerprint density at radius 3 is 2.49 bits per heavy atom. The molecule has 0 radical (unpaired) electrons. The Labute approximate surface area is 213 Å². The monoisotopic (exact) mass is 538 g/mol. The molecule has 2 fully saturated rings. The highest BCUT2D eigenvalue weighted by molar-refractivity contribution is 7.89. The molecule has 2 N–H and O–H groups in total. The molecule has 4 rings (SSSR count). The molecule has 1 aromatic carbocycles. The zero-order valence-corrected chi connectivity index (χ0v) is 21.6. The van der Waals surface area contributed by atoms with Crippen LogP contribution in [-0.4, -0.2) is 63.3 Å². The number of hydrogen-bond donors (Lipinski definition) is 2. The van der Waals surface area contributed by atoms with Gasteiger partial charge in [-0.25, -0.2) is 8.42 Å². The summed E-state index contributed by atoms with van der Waals surface area (Å²) in [6, 6.07) is 6.73. The molecule has 1 atom stereocenters. The Bertz CT molecular complexity index is 1240. The molecule has 0 bridgehead atoms. The highest BCUT2D eigenvalue weighted by Gasteiger charge is 2.33. The number of nitrogens with one attached hydrogen (secondary N) is 2. The highest BCUT2D eigenvalue weighted by Crippen LogP contribution is 2.29. The van der Waals surface area contributed by atoms with Gasteiger partial charge in [0, 0.05) is 38.3 Å². The molecular formula is C23H27ClN4O5S2. The van der Waals surface area contributed by atoms with E-state index in [0.717, 1.165) is 30.6 Å². The first kappa shape index (κ1) is 25.6. The summed E-state index contributed by atoms with van der Waals surface area (Å²) in [6.45, 7) is 3.04. The molecule has 2 saturated heterocycles. The van der Waals surface area contributed by atoms with Crippen LogP contribution in [0.4, 0.5) is 5.69 Å². The average Bonchev–Trinajstić information content (AvgIpc) is 3.58. The summed E-state index contributed by atoms with van der Waals surface area (Å²) in [4.78, 5) is 41.5. The van der Waals surface area contributed by atoms with Crippen molar-refractivity contribution in [1.82, 2.24) is 14.9 Å². The van der Waals surface area contributed by atoms with Gasteiger partial charge in [-0.3, -0.25) is 14.4 Å². The minimum atomic E-state index is -4.15. The van der Waals surface area contributed by atoms with Crippen LogP contribution in [0.1, 0.15) is 40.9 Å². The molecule has 2 aliphatic rings. The van der Waals surface area contributed by atoms with Crippen LogP contribution < -0.4 is 14.9 Å². The van der Waals surface area contributed by atoms with Gasteiger partial charge in [0.15, 0.2) is 0 Å². The molecule has 9 nitrogen and oxygen atoms in total. The Kier molecular flexibility index (Phi) is 7.80. The molecular weight excluding hydrogens is 512 g/mol. The molecule has 188 valence electrons. The first-order valence-corrected chi connectivity index (χ1v) is 14.1. The first-order valence-electron chi connectivity index (χ1n) is 11.4. The number of hydrogen-bond acceptors (Lipinski definition) is 6. The lowest BCUT2D eigenvalue weighted by atomic mass is 10.2. The van der Waals surface area contributed by atoms with Gasteiger partial charge in [-0.05, 0) is 56.0 Å². The molecule has 35 heavy (non-hydrogen) atoms. The van der Waals surface area contributed by atoms with Gasteiger partial charge in [0.1, 0.15) is 6.04 Å². The molecule has 12 heteroatoms. The number of carbonyl (C=O) groups excluding carboxylic acids is 3. The summed E-state index contributed by atoms with van der Waals surface area (Å²) in [5.74, 6) is -0.876. The van der Waals surface area contributed by atoms with Gasteiger partial charge in [-0.2, -0.15) is 4.72 Å². The van der Waals surface area contributed by atoms with Crippen molar-refractivity contribution in [2.24, 2.45) is 0 Å². The van der Waals surface area contributed by atoms with E-state index in [1.807, 2.05) is 0 Å². The van der Waals surface area contributed by atoms with E-state index in [0.29, 0.717) is 46.5 Å². The van der Waals surface area contributed by atoms with Gasteiger partial charge in [0.25, 0.3) is 5.91 Å². The lowest BCUT2D eigenvalue weighted by molar-refractivity contribution is -0.131. The van der Waals surface area contributed by atoms with Gasteiger partial charge in [-0.1, -0.05) is 17.7 Å². The fraction of sp³-hybridized carbons (Fsp3) is 0.435. The van der Waals surface area contributed by atoms with Crippen molar-refractivity contribution in [2.45, 2.75) is 43.5 Å². The third kappa shape index (κ3) is 5.69. The van der Waals surface area contributed by atoms with Crippen LogP contribution in [0, 0.1) is 6.92 Å². The van der Waals surface area contributed by atoms with Crippen molar-refractivity contribution in [3.05, 3.63) is 45.1 Å². The molecule has 0 saturated carbocycles. The summed E-state index contributed by atoms with van der Waals surface area (Å²) < 4.78 is 29.8. The minimum absolute atomic E-state index is 0.00899. The fourth-order valence-corrected chi connectivity index (χ4v) is 6.81. The maximum Gasteiger partial charge on any atom is 0.261 e. The van der Waals surface area contributed by atoms with E-state index in [4.69, 9.17) is 11.6 Å². The number of likely N-dealkylation sites (tertiary alicyclic amines) is 1. The van der Waals surface area contributed by atoms with Crippen molar-refractivity contribution >= 4 is 56.4 Å². The summed E-state index contributed by atoms with van der Waals surface area (Å²) in [5.41, 5.74) is 0.973. The maximum absolute atomic E-state index is 13.4. The van der Waals surface area contributed by atoms with Crippen molar-refractivity contribution in [3.8, 4) is 0 Å². The number of thiophene rings is 1. The van der Waals surface area contributed by atoms with E-state index in [1.165, 1.54) is 6.07 Å². The second-order valence-corrected chi connectivity index (χ2v) is 12.0. The van der Waals surface area contributed by atoms with Crippen molar-refractivity contribution in [3.63, 3.8) is 0 Å². The molecule has 2 aromatic rings. The summed E-state index contributed by atoms with van der Waals surface area (Å²) in [5, 5.41) is 2.65. The SMILES string of the molecule is Cc1c(N2CCCC2=O)cccc1S(=O)(=O)N[C@@H](CNC(=O)c1ccc(Cl)s1)C(=O)N1CCCC1. The third-order valence-corrected chi connectivity index (χ3v) is 9.03. The van der Waals surface area contributed by atoms with Gasteiger partial charge in [-0.15, -0.1) is 11.3 Å². The number of anilines is 1. The molecule has 0 aliphatic carbocycles. The predicted molar refractivity (Wildman–Crippen MR) is 134 cm³/mol. The molecule has 0 spiro atoms. The van der Waals surface area contributed by atoms with Gasteiger partial charge in [0.05, 0.1) is 14.1 Å². The van der Waals surface area contributed by atoms with Crippen LogP contribution in [-0.2, 0) is 19.6 Å². The van der Waals surface area contributed by atoms with Crippen LogP contribution in [0.3, 0.4) is 0 Å².